The highest BCUT2D eigenvalue weighted by Gasteiger charge is 2.14. The van der Waals surface area contributed by atoms with Crippen LogP contribution in [0.1, 0.15) is 16.7 Å². The first-order chi connectivity index (χ1) is 14.2. The molecular formula is C22H22ClN5O2. The second-order valence-corrected chi connectivity index (χ2v) is 7.19. The Bertz CT molecular complexity index is 1190. The van der Waals surface area contributed by atoms with Crippen LogP contribution in [0.15, 0.2) is 48.9 Å². The number of aromatic nitrogens is 4. The monoisotopic (exact) mass is 423 g/mol. The van der Waals surface area contributed by atoms with Gasteiger partial charge in [-0.05, 0) is 54.8 Å². The maximum atomic E-state index is 5.67. The van der Waals surface area contributed by atoms with Crippen LogP contribution < -0.4 is 14.8 Å². The smallest absolute Gasteiger partial charge is 0.168 e. The Labute approximate surface area is 180 Å². The summed E-state index contributed by atoms with van der Waals surface area (Å²) >= 11 is 0. The molecular weight excluding hydrogens is 402 g/mol. The van der Waals surface area contributed by atoms with Crippen LogP contribution in [0.2, 0.25) is 0 Å². The van der Waals surface area contributed by atoms with Crippen LogP contribution in [-0.4, -0.2) is 33.0 Å². The Morgan fingerprint density at radius 2 is 1.73 bits per heavy atom. The molecule has 0 aliphatic carbocycles. The topological polar surface area (TPSA) is 74.1 Å². The molecule has 8 heteroatoms. The standard InChI is InChI=1S/C22H21N5O2.ClH/c1-14-7-15(2)9-17(8-14)27-22-18(12-26-27)21(24-13-25-22)23-11-16-3-4-19-20(10-16)29-6-5-28-19;/h3-4,7-10,12-13H,5-6,11H2,1-2H3,(H,23,24,25);1H. The van der Waals surface area contributed by atoms with Crippen LogP contribution in [-0.2, 0) is 6.54 Å². The van der Waals surface area contributed by atoms with Gasteiger partial charge in [-0.15, -0.1) is 12.4 Å². The van der Waals surface area contributed by atoms with E-state index in [-0.39, 0.29) is 12.4 Å². The molecule has 3 heterocycles. The maximum Gasteiger partial charge on any atom is 0.168 e. The molecule has 0 saturated carbocycles. The number of rotatable bonds is 4. The van der Waals surface area contributed by atoms with E-state index < -0.39 is 0 Å². The summed E-state index contributed by atoms with van der Waals surface area (Å²) in [6.45, 7) is 5.94. The molecule has 4 aromatic rings. The van der Waals surface area contributed by atoms with Gasteiger partial charge in [-0.1, -0.05) is 12.1 Å². The average molecular weight is 424 g/mol. The van der Waals surface area contributed by atoms with Crippen molar-refractivity contribution in [2.75, 3.05) is 18.5 Å². The zero-order chi connectivity index (χ0) is 19.8. The van der Waals surface area contributed by atoms with Crippen LogP contribution in [0.25, 0.3) is 16.7 Å². The van der Waals surface area contributed by atoms with E-state index in [9.17, 15) is 0 Å². The highest BCUT2D eigenvalue weighted by molar-refractivity contribution is 5.87. The first-order valence-corrected chi connectivity index (χ1v) is 9.57. The Kier molecular flexibility index (Phi) is 5.46. The van der Waals surface area contributed by atoms with Gasteiger partial charge in [0.1, 0.15) is 25.4 Å². The number of ether oxygens (including phenoxy) is 2. The molecule has 0 radical (unpaired) electrons. The second-order valence-electron chi connectivity index (χ2n) is 7.19. The molecule has 7 nitrogen and oxygen atoms in total. The number of halogens is 1. The minimum absolute atomic E-state index is 0. The predicted molar refractivity (Wildman–Crippen MR) is 118 cm³/mol. The summed E-state index contributed by atoms with van der Waals surface area (Å²) in [5, 5.41) is 8.84. The molecule has 0 saturated heterocycles. The highest BCUT2D eigenvalue weighted by atomic mass is 35.5. The summed E-state index contributed by atoms with van der Waals surface area (Å²) < 4.78 is 13.1. The number of nitrogens with one attached hydrogen (secondary N) is 1. The molecule has 0 fully saturated rings. The van der Waals surface area contributed by atoms with Crippen LogP contribution in [0.4, 0.5) is 5.82 Å². The SMILES string of the molecule is Cc1cc(C)cc(-n2ncc3c(NCc4ccc5c(c4)OCCO5)ncnc32)c1.Cl. The van der Waals surface area contributed by atoms with Gasteiger partial charge in [0, 0.05) is 6.54 Å². The molecule has 1 N–H and O–H groups in total. The number of aryl methyl sites for hydroxylation is 2. The number of benzene rings is 2. The molecule has 2 aromatic heterocycles. The predicted octanol–water partition coefficient (Wildman–Crippen LogP) is 4.24. The minimum atomic E-state index is 0. The second kappa shape index (κ2) is 8.20. The van der Waals surface area contributed by atoms with E-state index in [1.807, 2.05) is 22.9 Å². The van der Waals surface area contributed by atoms with E-state index in [0.717, 1.165) is 39.6 Å². The molecule has 0 amide bonds. The van der Waals surface area contributed by atoms with Gasteiger partial charge < -0.3 is 14.8 Å². The van der Waals surface area contributed by atoms with E-state index >= 15 is 0 Å². The van der Waals surface area contributed by atoms with E-state index in [1.54, 1.807) is 12.5 Å². The number of fused-ring (bicyclic) bond motifs is 2. The Balaban J connectivity index is 0.00000218. The van der Waals surface area contributed by atoms with Crippen molar-refractivity contribution in [1.29, 1.82) is 0 Å². The molecule has 2 aromatic carbocycles. The van der Waals surface area contributed by atoms with Crippen molar-refractivity contribution in [2.45, 2.75) is 20.4 Å². The minimum Gasteiger partial charge on any atom is -0.486 e. The summed E-state index contributed by atoms with van der Waals surface area (Å²) in [5.41, 5.74) is 5.23. The molecule has 0 unspecified atom stereocenters. The number of hydrogen-bond acceptors (Lipinski definition) is 6. The van der Waals surface area contributed by atoms with Crippen molar-refractivity contribution in [3.8, 4) is 17.2 Å². The van der Waals surface area contributed by atoms with Gasteiger partial charge >= 0.3 is 0 Å². The fourth-order valence-corrected chi connectivity index (χ4v) is 3.63. The fraction of sp³-hybridized carbons (Fsp3) is 0.227. The lowest BCUT2D eigenvalue weighted by molar-refractivity contribution is 0.171. The van der Waals surface area contributed by atoms with Crippen LogP contribution in [0.3, 0.4) is 0 Å². The maximum absolute atomic E-state index is 5.67. The van der Waals surface area contributed by atoms with Crippen molar-refractivity contribution in [2.24, 2.45) is 0 Å². The van der Waals surface area contributed by atoms with Crippen molar-refractivity contribution in [1.82, 2.24) is 19.7 Å². The molecule has 1 aliphatic heterocycles. The van der Waals surface area contributed by atoms with Crippen molar-refractivity contribution < 1.29 is 9.47 Å². The number of nitrogens with zero attached hydrogens (tertiary/aromatic N) is 4. The summed E-state index contributed by atoms with van der Waals surface area (Å²) in [6, 6.07) is 12.3. The molecule has 5 rings (SSSR count). The van der Waals surface area contributed by atoms with Gasteiger partial charge in [0.25, 0.3) is 0 Å². The van der Waals surface area contributed by atoms with E-state index in [1.165, 1.54) is 11.1 Å². The van der Waals surface area contributed by atoms with E-state index in [2.05, 4.69) is 52.4 Å². The van der Waals surface area contributed by atoms with Gasteiger partial charge in [0.2, 0.25) is 0 Å². The molecule has 0 spiro atoms. The zero-order valence-corrected chi connectivity index (χ0v) is 17.6. The van der Waals surface area contributed by atoms with Crippen LogP contribution in [0.5, 0.6) is 11.5 Å². The molecule has 30 heavy (non-hydrogen) atoms. The lowest BCUT2D eigenvalue weighted by Crippen LogP contribution is -2.15. The van der Waals surface area contributed by atoms with Crippen molar-refractivity contribution in [3.63, 3.8) is 0 Å². The van der Waals surface area contributed by atoms with Gasteiger partial charge in [-0.25, -0.2) is 14.6 Å². The number of anilines is 1. The third-order valence-electron chi connectivity index (χ3n) is 4.88. The summed E-state index contributed by atoms with van der Waals surface area (Å²) in [6.07, 6.45) is 3.37. The summed E-state index contributed by atoms with van der Waals surface area (Å²) in [7, 11) is 0. The lowest BCUT2D eigenvalue weighted by atomic mass is 10.1. The van der Waals surface area contributed by atoms with Crippen molar-refractivity contribution >= 4 is 29.3 Å². The van der Waals surface area contributed by atoms with Gasteiger partial charge in [-0.3, -0.25) is 0 Å². The number of hydrogen-bond donors (Lipinski definition) is 1. The summed E-state index contributed by atoms with van der Waals surface area (Å²) in [5.74, 6) is 2.32. The quantitative estimate of drug-likeness (QED) is 0.529. The van der Waals surface area contributed by atoms with Gasteiger partial charge in [0.05, 0.1) is 17.3 Å². The van der Waals surface area contributed by atoms with Gasteiger partial charge in [-0.2, -0.15) is 5.10 Å². The van der Waals surface area contributed by atoms with Crippen LogP contribution in [0, 0.1) is 13.8 Å². The first kappa shape index (κ1) is 20.0. The average Bonchev–Trinajstić information content (AvgIpc) is 3.16. The normalized spacial score (nSPS) is 12.5. The summed E-state index contributed by atoms with van der Waals surface area (Å²) in [4.78, 5) is 8.88. The van der Waals surface area contributed by atoms with Crippen LogP contribution >= 0.6 is 12.4 Å². The Hall–Kier alpha value is -3.32. The molecule has 0 bridgehead atoms. The third-order valence-corrected chi connectivity index (χ3v) is 4.88. The lowest BCUT2D eigenvalue weighted by Gasteiger charge is -2.19. The Morgan fingerprint density at radius 3 is 2.53 bits per heavy atom. The van der Waals surface area contributed by atoms with E-state index in [4.69, 9.17) is 9.47 Å². The molecule has 1 aliphatic rings. The first-order valence-electron chi connectivity index (χ1n) is 9.57. The van der Waals surface area contributed by atoms with E-state index in [0.29, 0.717) is 19.8 Å². The molecule has 0 atom stereocenters. The third kappa shape index (κ3) is 3.76. The highest BCUT2D eigenvalue weighted by Crippen LogP contribution is 2.31. The fourth-order valence-electron chi connectivity index (χ4n) is 3.63. The molecule has 154 valence electrons. The van der Waals surface area contributed by atoms with Gasteiger partial charge in [0.15, 0.2) is 17.1 Å². The largest absolute Gasteiger partial charge is 0.486 e. The Morgan fingerprint density at radius 1 is 0.967 bits per heavy atom. The van der Waals surface area contributed by atoms with Crippen molar-refractivity contribution in [3.05, 3.63) is 65.6 Å². The zero-order valence-electron chi connectivity index (χ0n) is 16.8.